The van der Waals surface area contributed by atoms with Crippen LogP contribution in [0.3, 0.4) is 0 Å². The summed E-state index contributed by atoms with van der Waals surface area (Å²) in [6.07, 6.45) is -5.16. The summed E-state index contributed by atoms with van der Waals surface area (Å²) in [5.74, 6) is -0.00130. The van der Waals surface area contributed by atoms with Crippen LogP contribution in [-0.2, 0) is 54.5 Å². The van der Waals surface area contributed by atoms with Gasteiger partial charge in [-0.25, -0.2) is 33.5 Å². The Hall–Kier alpha value is -2.99. The number of nitrogens with one attached hydrogen (secondary N) is 2. The number of alkyl halides is 1. The summed E-state index contributed by atoms with van der Waals surface area (Å²) in [6.45, 7) is -10.2. The molecule has 3 fully saturated rings. The van der Waals surface area contributed by atoms with Crippen LogP contribution in [0.25, 0.3) is 22.2 Å². The number of rotatable bonds is 6. The molecule has 26 heteroatoms. The number of hydrogen-bond donors (Lipinski definition) is 6. The van der Waals surface area contributed by atoms with Crippen molar-refractivity contribution in [1.29, 1.82) is 0 Å². The summed E-state index contributed by atoms with van der Waals surface area (Å²) in [5.41, 5.74) is 0.569. The Labute approximate surface area is 314 Å². The van der Waals surface area contributed by atoms with E-state index in [1.807, 2.05) is 0 Å². The zero-order valence-corrected chi connectivity index (χ0v) is 31.4. The van der Waals surface area contributed by atoms with Crippen LogP contribution in [0.4, 0.5) is 10.2 Å². The van der Waals surface area contributed by atoms with Gasteiger partial charge in [0.15, 0.2) is 29.8 Å². The number of aryl methyl sites for hydroxylation is 1. The van der Waals surface area contributed by atoms with Crippen LogP contribution in [0.5, 0.6) is 0 Å². The Morgan fingerprint density at radius 2 is 1.74 bits per heavy atom. The van der Waals surface area contributed by atoms with E-state index in [1.54, 1.807) is 10.8 Å². The van der Waals surface area contributed by atoms with Crippen molar-refractivity contribution in [1.82, 2.24) is 39.0 Å². The number of thiol groups is 2. The van der Waals surface area contributed by atoms with E-state index in [1.165, 1.54) is 21.8 Å². The zero-order chi connectivity index (χ0) is 37.9. The molecule has 0 radical (unpaired) electrons. The number of carbonyl (C=O) groups is 1. The quantitative estimate of drug-likeness (QED) is 0.117. The van der Waals surface area contributed by atoms with E-state index in [9.17, 15) is 23.8 Å². The van der Waals surface area contributed by atoms with Crippen molar-refractivity contribution >= 4 is 72.0 Å². The highest BCUT2D eigenvalue weighted by Crippen LogP contribution is 2.60. The topological polar surface area (TPSA) is 255 Å². The Balaban J connectivity index is 1.06. The molecule has 4 N–H and O–H groups in total. The minimum Gasteiger partial charge on any atom is -0.387 e. The summed E-state index contributed by atoms with van der Waals surface area (Å²) in [4.78, 5) is 41.7. The number of carbonyl (C=O) groups excluding carboxylic acids is 1. The lowest BCUT2D eigenvalue weighted by Gasteiger charge is -2.26. The van der Waals surface area contributed by atoms with E-state index in [0.717, 1.165) is 23.7 Å². The molecule has 292 valence electrons. The highest BCUT2D eigenvalue weighted by molar-refractivity contribution is 8.44. The van der Waals surface area contributed by atoms with E-state index in [0.29, 0.717) is 24.4 Å². The average Bonchev–Trinajstić information content (AvgIpc) is 3.85. The van der Waals surface area contributed by atoms with Crippen LogP contribution in [0, 0.1) is 0 Å². The summed E-state index contributed by atoms with van der Waals surface area (Å²) in [5, 5.41) is 26.9. The van der Waals surface area contributed by atoms with Gasteiger partial charge in [-0.15, -0.1) is 0 Å². The van der Waals surface area contributed by atoms with Crippen LogP contribution in [0.15, 0.2) is 30.0 Å². The molecule has 8 rings (SSSR count). The SMILES string of the molecule is O=C(CO)NCCn1cnc2c(ncn2[C@@H]2O[C@@H]3COP(=O)(S)O[C@H]4[C@@H](O)[C@H](n5cc6c7c(ncnc75)NCCC6)O[C@@H]4COP(=O)(S)O[C@@H]2[C@@H]3F)c1=O. The smallest absolute Gasteiger partial charge is 0.386 e. The first-order valence-corrected chi connectivity index (χ1v) is 22.1. The number of aromatic nitrogens is 7. The minimum absolute atomic E-state index is 0.00319. The lowest BCUT2D eigenvalue weighted by molar-refractivity contribution is -0.123. The number of amides is 1. The molecule has 4 aromatic rings. The van der Waals surface area contributed by atoms with Gasteiger partial charge in [0.05, 0.1) is 24.9 Å². The molecule has 54 heavy (non-hydrogen) atoms. The van der Waals surface area contributed by atoms with Crippen LogP contribution in [0.2, 0.25) is 0 Å². The number of ether oxygens (including phenoxy) is 2. The summed E-state index contributed by atoms with van der Waals surface area (Å²) < 4.78 is 82.1. The lowest BCUT2D eigenvalue weighted by atomic mass is 10.1. The standard InChI is InChI=1S/C28H34FN9O12P2S2/c29-18-14-8-45-51(43,53)49-21-15(48-27(20(21)41)37-6-13-2-1-3-31-23-17(13)24(37)33-10-32-23)9-46-52(44,54)50-22(18)28(47-14)38-12-34-19-25(38)35-11-36(26(19)42)5-4-30-16(40)7-39/h6,10-12,14-15,18,20-22,27-28,39,41H,1-5,7-9H2,(H,30,40)(H,43,53)(H,44,54)(H,31,32,33)/t14-,15-,18-,20-,21-,22-,27-,28-,51?,52?/m1/s1. The molecule has 3 saturated heterocycles. The number of fused-ring (bicyclic) bond motifs is 4. The minimum atomic E-state index is -4.49. The molecule has 8 heterocycles. The normalized spacial score (nSPS) is 34.4. The number of hydrogen-bond acceptors (Lipinski definition) is 17. The maximum Gasteiger partial charge on any atom is 0.386 e. The maximum absolute atomic E-state index is 16.1. The van der Waals surface area contributed by atoms with Gasteiger partial charge in [0, 0.05) is 25.8 Å². The van der Waals surface area contributed by atoms with E-state index < -0.39 is 94.0 Å². The molecule has 10 atom stereocenters. The maximum atomic E-state index is 16.1. The molecule has 4 aliphatic heterocycles. The number of imidazole rings is 1. The third-order valence-corrected chi connectivity index (χ3v) is 12.6. The van der Waals surface area contributed by atoms with Crippen LogP contribution in [-0.4, -0.2) is 119 Å². The van der Waals surface area contributed by atoms with E-state index in [4.69, 9.17) is 32.7 Å². The van der Waals surface area contributed by atoms with Crippen molar-refractivity contribution in [3.63, 3.8) is 0 Å². The van der Waals surface area contributed by atoms with Crippen LogP contribution >= 0.6 is 38.1 Å². The van der Waals surface area contributed by atoms with Crippen LogP contribution in [0.1, 0.15) is 24.4 Å². The van der Waals surface area contributed by atoms with Gasteiger partial charge in [-0.3, -0.25) is 36.8 Å². The Morgan fingerprint density at radius 1 is 1.00 bits per heavy atom. The number of nitrogens with zero attached hydrogens (tertiary/aromatic N) is 7. The van der Waals surface area contributed by atoms with Gasteiger partial charge < -0.3 is 34.9 Å². The van der Waals surface area contributed by atoms with Crippen molar-refractivity contribution in [3.05, 3.63) is 41.1 Å². The second kappa shape index (κ2) is 14.8. The average molecular weight is 834 g/mol. The van der Waals surface area contributed by atoms with Crippen molar-refractivity contribution in [2.24, 2.45) is 0 Å². The molecule has 2 unspecified atom stereocenters. The first kappa shape index (κ1) is 37.9. The number of aliphatic hydroxyl groups is 2. The number of aliphatic hydroxyl groups excluding tert-OH is 2. The monoisotopic (exact) mass is 833 g/mol. The van der Waals surface area contributed by atoms with Crippen molar-refractivity contribution in [3.8, 4) is 0 Å². The van der Waals surface area contributed by atoms with Crippen molar-refractivity contribution in [2.45, 2.75) is 68.5 Å². The molecule has 4 aromatic heterocycles. The molecule has 0 saturated carbocycles. The first-order chi connectivity index (χ1) is 25.8. The summed E-state index contributed by atoms with van der Waals surface area (Å²) in [6, 6.07) is 0. The second-order valence-electron chi connectivity index (χ2n) is 12.8. The van der Waals surface area contributed by atoms with Crippen molar-refractivity contribution in [2.75, 3.05) is 38.2 Å². The Morgan fingerprint density at radius 3 is 2.52 bits per heavy atom. The zero-order valence-electron chi connectivity index (χ0n) is 27.9. The Kier molecular flexibility index (Phi) is 10.4. The van der Waals surface area contributed by atoms with Gasteiger partial charge in [-0.1, -0.05) is 24.5 Å². The number of anilines is 1. The highest BCUT2D eigenvalue weighted by atomic mass is 32.7. The van der Waals surface area contributed by atoms with Gasteiger partial charge >= 0.3 is 13.6 Å². The fourth-order valence-corrected chi connectivity index (χ4v) is 9.85. The van der Waals surface area contributed by atoms with Gasteiger partial charge in [0.25, 0.3) is 5.56 Å². The molecule has 0 aliphatic carbocycles. The molecule has 4 aliphatic rings. The molecular weight excluding hydrogens is 799 g/mol. The van der Waals surface area contributed by atoms with Crippen LogP contribution < -0.4 is 16.2 Å². The highest BCUT2D eigenvalue weighted by Gasteiger charge is 2.54. The van der Waals surface area contributed by atoms with Gasteiger partial charge in [0.1, 0.15) is 61.2 Å². The molecular formula is C28H34FN9O12P2S2. The van der Waals surface area contributed by atoms with E-state index in [2.05, 4.69) is 55.1 Å². The van der Waals surface area contributed by atoms with Gasteiger partial charge in [0.2, 0.25) is 5.91 Å². The molecule has 0 spiro atoms. The lowest BCUT2D eigenvalue weighted by Crippen LogP contribution is -2.35. The number of halogens is 1. The third-order valence-electron chi connectivity index (χ3n) is 9.41. The first-order valence-electron chi connectivity index (χ1n) is 16.7. The second-order valence-corrected chi connectivity index (χ2v) is 18.6. The third kappa shape index (κ3) is 7.11. The molecule has 2 bridgehead atoms. The molecule has 21 nitrogen and oxygen atoms in total. The molecule has 0 aromatic carbocycles. The van der Waals surface area contributed by atoms with Gasteiger partial charge in [-0.05, 0) is 18.4 Å². The molecule has 1 amide bonds. The Bertz CT molecular complexity index is 2250. The van der Waals surface area contributed by atoms with Gasteiger partial charge in [-0.2, -0.15) is 0 Å². The summed E-state index contributed by atoms with van der Waals surface area (Å²) in [7, 11) is 0. The van der Waals surface area contributed by atoms with E-state index in [-0.39, 0.29) is 24.3 Å². The van der Waals surface area contributed by atoms with E-state index >= 15 is 4.39 Å². The predicted molar refractivity (Wildman–Crippen MR) is 190 cm³/mol. The van der Waals surface area contributed by atoms with Crippen molar-refractivity contribution < 1.29 is 56.1 Å². The fraction of sp³-hybridized carbons (Fsp3) is 0.571. The largest absolute Gasteiger partial charge is 0.387 e. The fourth-order valence-electron chi connectivity index (χ4n) is 6.91. The summed E-state index contributed by atoms with van der Waals surface area (Å²) >= 11 is 8.20. The predicted octanol–water partition coefficient (Wildman–Crippen LogP) is 0.891.